The highest BCUT2D eigenvalue weighted by Crippen LogP contribution is 2.16. The van der Waals surface area contributed by atoms with E-state index in [2.05, 4.69) is 41.4 Å². The monoisotopic (exact) mass is 304 g/mol. The molecular formula is C16H21ClN4. The van der Waals surface area contributed by atoms with Gasteiger partial charge in [-0.25, -0.2) is 4.98 Å². The number of nitrogens with one attached hydrogen (secondary N) is 2. The van der Waals surface area contributed by atoms with Crippen LogP contribution in [0.15, 0.2) is 30.3 Å². The third-order valence-electron chi connectivity index (χ3n) is 2.72. The maximum absolute atomic E-state index is 5.88. The smallest absolute Gasteiger partial charge is 0.225 e. The lowest BCUT2D eigenvalue weighted by Crippen LogP contribution is -2.27. The van der Waals surface area contributed by atoms with Gasteiger partial charge in [0.2, 0.25) is 5.95 Å². The van der Waals surface area contributed by atoms with Crippen molar-refractivity contribution in [1.82, 2.24) is 9.97 Å². The summed E-state index contributed by atoms with van der Waals surface area (Å²) < 4.78 is 0. The highest BCUT2D eigenvalue weighted by Gasteiger charge is 2.11. The molecule has 0 saturated heterocycles. The molecule has 0 atom stereocenters. The molecule has 0 fully saturated rings. The van der Waals surface area contributed by atoms with Crippen LogP contribution in [-0.4, -0.2) is 15.5 Å². The van der Waals surface area contributed by atoms with Crippen molar-refractivity contribution in [3.05, 3.63) is 46.6 Å². The molecule has 0 saturated carbocycles. The lowest BCUT2D eigenvalue weighted by atomic mass is 10.1. The van der Waals surface area contributed by atoms with Crippen molar-refractivity contribution in [1.29, 1.82) is 0 Å². The zero-order valence-electron chi connectivity index (χ0n) is 12.9. The molecule has 2 rings (SSSR count). The minimum Gasteiger partial charge on any atom is -0.365 e. The lowest BCUT2D eigenvalue weighted by molar-refractivity contribution is 0.630. The van der Waals surface area contributed by atoms with Crippen LogP contribution in [0.5, 0.6) is 0 Å². The van der Waals surface area contributed by atoms with Gasteiger partial charge in [-0.05, 0) is 45.4 Å². The molecule has 5 heteroatoms. The Kier molecular flexibility index (Phi) is 4.68. The highest BCUT2D eigenvalue weighted by molar-refractivity contribution is 6.30. The topological polar surface area (TPSA) is 49.8 Å². The first-order valence-corrected chi connectivity index (χ1v) is 7.32. The second-order valence-corrected chi connectivity index (χ2v) is 6.51. The number of halogens is 1. The molecule has 2 N–H and O–H groups in total. The van der Waals surface area contributed by atoms with Gasteiger partial charge in [0.25, 0.3) is 0 Å². The normalized spacial score (nSPS) is 11.3. The third-order valence-corrected chi connectivity index (χ3v) is 2.97. The van der Waals surface area contributed by atoms with E-state index < -0.39 is 0 Å². The van der Waals surface area contributed by atoms with Crippen molar-refractivity contribution in [2.24, 2.45) is 0 Å². The summed E-state index contributed by atoms with van der Waals surface area (Å²) in [5.74, 6) is 1.45. The van der Waals surface area contributed by atoms with Gasteiger partial charge in [0.05, 0.1) is 0 Å². The van der Waals surface area contributed by atoms with Gasteiger partial charge in [-0.2, -0.15) is 4.98 Å². The summed E-state index contributed by atoms with van der Waals surface area (Å²) in [6.07, 6.45) is 0. The number of hydrogen-bond acceptors (Lipinski definition) is 4. The molecule has 0 spiro atoms. The maximum atomic E-state index is 5.88. The molecule has 0 amide bonds. The van der Waals surface area contributed by atoms with E-state index in [0.717, 1.165) is 22.1 Å². The minimum absolute atomic E-state index is 0.0335. The van der Waals surface area contributed by atoms with Crippen LogP contribution in [0.4, 0.5) is 11.8 Å². The Labute approximate surface area is 131 Å². The standard InChI is InChI=1S/C16H21ClN4/c1-11-9-14(21-16(2,3)4)20-15(19-11)18-10-12-5-7-13(17)8-6-12/h5-9H,10H2,1-4H3,(H2,18,19,20,21). The first-order chi connectivity index (χ1) is 9.82. The van der Waals surface area contributed by atoms with Gasteiger partial charge in [0.1, 0.15) is 5.82 Å². The van der Waals surface area contributed by atoms with Crippen LogP contribution < -0.4 is 10.6 Å². The number of hydrogen-bond donors (Lipinski definition) is 2. The number of aryl methyl sites for hydroxylation is 1. The molecule has 0 aliphatic carbocycles. The number of nitrogens with zero attached hydrogens (tertiary/aromatic N) is 2. The molecule has 1 aromatic heterocycles. The zero-order valence-corrected chi connectivity index (χ0v) is 13.6. The van der Waals surface area contributed by atoms with Crippen molar-refractivity contribution in [3.63, 3.8) is 0 Å². The van der Waals surface area contributed by atoms with Gasteiger partial charge in [-0.3, -0.25) is 0 Å². The Morgan fingerprint density at radius 2 is 1.76 bits per heavy atom. The van der Waals surface area contributed by atoms with Crippen LogP contribution in [0.3, 0.4) is 0 Å². The second-order valence-electron chi connectivity index (χ2n) is 6.07. The van der Waals surface area contributed by atoms with Gasteiger partial charge < -0.3 is 10.6 Å². The van der Waals surface area contributed by atoms with E-state index in [1.54, 1.807) is 0 Å². The van der Waals surface area contributed by atoms with Crippen molar-refractivity contribution >= 4 is 23.4 Å². The molecule has 112 valence electrons. The van der Waals surface area contributed by atoms with E-state index >= 15 is 0 Å². The summed E-state index contributed by atoms with van der Waals surface area (Å²) in [5, 5.41) is 7.34. The Hall–Kier alpha value is -1.81. The predicted octanol–water partition coefficient (Wildman–Crippen LogP) is 4.26. The fraction of sp³-hybridized carbons (Fsp3) is 0.375. The van der Waals surface area contributed by atoms with Crippen LogP contribution in [0.2, 0.25) is 5.02 Å². The lowest BCUT2D eigenvalue weighted by Gasteiger charge is -2.21. The van der Waals surface area contributed by atoms with Crippen molar-refractivity contribution < 1.29 is 0 Å². The van der Waals surface area contributed by atoms with E-state index in [-0.39, 0.29) is 5.54 Å². The highest BCUT2D eigenvalue weighted by atomic mass is 35.5. The number of anilines is 2. The quantitative estimate of drug-likeness (QED) is 0.886. The van der Waals surface area contributed by atoms with Gasteiger partial charge >= 0.3 is 0 Å². The second kappa shape index (κ2) is 6.31. The first-order valence-electron chi connectivity index (χ1n) is 6.94. The molecule has 21 heavy (non-hydrogen) atoms. The van der Waals surface area contributed by atoms with Crippen LogP contribution in [0.25, 0.3) is 0 Å². The maximum Gasteiger partial charge on any atom is 0.225 e. The fourth-order valence-electron chi connectivity index (χ4n) is 1.88. The predicted molar refractivity (Wildman–Crippen MR) is 88.9 cm³/mol. The molecule has 0 unspecified atom stereocenters. The largest absolute Gasteiger partial charge is 0.365 e. The summed E-state index contributed by atoms with van der Waals surface area (Å²) in [6, 6.07) is 9.67. The van der Waals surface area contributed by atoms with Crippen LogP contribution in [-0.2, 0) is 6.54 Å². The van der Waals surface area contributed by atoms with Crippen LogP contribution in [0.1, 0.15) is 32.0 Å². The van der Waals surface area contributed by atoms with Crippen LogP contribution >= 0.6 is 11.6 Å². The number of benzene rings is 1. The van der Waals surface area contributed by atoms with E-state index in [4.69, 9.17) is 11.6 Å². The number of aromatic nitrogens is 2. The fourth-order valence-corrected chi connectivity index (χ4v) is 2.01. The van der Waals surface area contributed by atoms with E-state index in [0.29, 0.717) is 12.5 Å². The summed E-state index contributed by atoms with van der Waals surface area (Å²) in [7, 11) is 0. The Balaban J connectivity index is 2.07. The van der Waals surface area contributed by atoms with Crippen molar-refractivity contribution in [3.8, 4) is 0 Å². The molecule has 0 aliphatic rings. The molecule has 1 heterocycles. The molecule has 0 aliphatic heterocycles. The molecule has 0 bridgehead atoms. The molecule has 2 aromatic rings. The summed E-state index contributed by atoms with van der Waals surface area (Å²) in [4.78, 5) is 8.90. The SMILES string of the molecule is Cc1cc(NC(C)(C)C)nc(NCc2ccc(Cl)cc2)n1. The minimum atomic E-state index is -0.0335. The van der Waals surface area contributed by atoms with Crippen molar-refractivity contribution in [2.45, 2.75) is 39.8 Å². The Morgan fingerprint density at radius 1 is 1.10 bits per heavy atom. The molecule has 1 aromatic carbocycles. The average molecular weight is 305 g/mol. The molecular weight excluding hydrogens is 284 g/mol. The van der Waals surface area contributed by atoms with Gasteiger partial charge in [0.15, 0.2) is 0 Å². The summed E-state index contributed by atoms with van der Waals surface area (Å²) >= 11 is 5.88. The van der Waals surface area contributed by atoms with Gasteiger partial charge in [0, 0.05) is 28.9 Å². The Morgan fingerprint density at radius 3 is 2.38 bits per heavy atom. The van der Waals surface area contributed by atoms with E-state index in [9.17, 15) is 0 Å². The molecule has 0 radical (unpaired) electrons. The summed E-state index contributed by atoms with van der Waals surface area (Å²) in [5.41, 5.74) is 2.03. The Bertz CT molecular complexity index is 603. The summed E-state index contributed by atoms with van der Waals surface area (Å²) in [6.45, 7) is 8.93. The first kappa shape index (κ1) is 15.6. The zero-order chi connectivity index (χ0) is 15.5. The van der Waals surface area contributed by atoms with Gasteiger partial charge in [-0.15, -0.1) is 0 Å². The van der Waals surface area contributed by atoms with Crippen molar-refractivity contribution in [2.75, 3.05) is 10.6 Å². The van der Waals surface area contributed by atoms with Gasteiger partial charge in [-0.1, -0.05) is 23.7 Å². The van der Waals surface area contributed by atoms with E-state index in [1.165, 1.54) is 0 Å². The van der Waals surface area contributed by atoms with Crippen LogP contribution in [0, 0.1) is 6.92 Å². The third kappa shape index (κ3) is 5.23. The average Bonchev–Trinajstić information content (AvgIpc) is 2.35. The molecule has 4 nitrogen and oxygen atoms in total. The number of rotatable bonds is 4. The van der Waals surface area contributed by atoms with E-state index in [1.807, 2.05) is 37.3 Å².